The Bertz CT molecular complexity index is 2400. The summed E-state index contributed by atoms with van der Waals surface area (Å²) in [6, 6.07) is 51.7. The number of aromatic nitrogens is 1. The highest BCUT2D eigenvalue weighted by atomic mass is 16.3. The average molecular weight is 579 g/mol. The molecular formula is C42H30N2O. The summed E-state index contributed by atoms with van der Waals surface area (Å²) in [7, 11) is 0. The molecule has 0 radical (unpaired) electrons. The Morgan fingerprint density at radius 1 is 0.556 bits per heavy atom. The van der Waals surface area contributed by atoms with Crippen molar-refractivity contribution in [3.05, 3.63) is 157 Å². The number of hydrogen-bond donors (Lipinski definition) is 0. The molecule has 1 aliphatic rings. The second kappa shape index (κ2) is 9.67. The molecule has 0 aliphatic heterocycles. The molecule has 3 heteroatoms. The number of benzene rings is 6. The lowest BCUT2D eigenvalue weighted by Gasteiger charge is -2.26. The van der Waals surface area contributed by atoms with E-state index in [-0.39, 0.29) is 5.41 Å². The summed E-state index contributed by atoms with van der Waals surface area (Å²) in [4.78, 5) is 7.62. The number of hydrogen-bond acceptors (Lipinski definition) is 3. The minimum atomic E-state index is -0.0550. The molecule has 0 saturated heterocycles. The van der Waals surface area contributed by atoms with Crippen LogP contribution in [0.3, 0.4) is 0 Å². The first-order chi connectivity index (χ1) is 22.1. The van der Waals surface area contributed by atoms with Crippen LogP contribution in [0.5, 0.6) is 0 Å². The maximum atomic E-state index is 6.31. The lowest BCUT2D eigenvalue weighted by atomic mass is 9.82. The fourth-order valence-electron chi connectivity index (χ4n) is 7.22. The number of nitrogens with zero attached hydrogens (tertiary/aromatic N) is 2. The molecule has 1 aliphatic carbocycles. The molecule has 0 saturated carbocycles. The normalized spacial score (nSPS) is 13.3. The van der Waals surface area contributed by atoms with Crippen molar-refractivity contribution in [3.8, 4) is 22.3 Å². The fraction of sp³-hybridized carbons (Fsp3) is 0.0714. The van der Waals surface area contributed by atoms with Gasteiger partial charge in [0, 0.05) is 16.8 Å². The van der Waals surface area contributed by atoms with Crippen molar-refractivity contribution >= 4 is 50.0 Å². The zero-order chi connectivity index (χ0) is 30.1. The van der Waals surface area contributed by atoms with Crippen molar-refractivity contribution in [2.24, 2.45) is 0 Å². The molecule has 214 valence electrons. The highest BCUT2D eigenvalue weighted by molar-refractivity contribution is 6.17. The lowest BCUT2D eigenvalue weighted by molar-refractivity contribution is 0.660. The van der Waals surface area contributed by atoms with Gasteiger partial charge in [0.25, 0.3) is 0 Å². The minimum absolute atomic E-state index is 0.0550. The van der Waals surface area contributed by atoms with Crippen LogP contribution in [0.2, 0.25) is 0 Å². The van der Waals surface area contributed by atoms with E-state index < -0.39 is 0 Å². The third kappa shape index (κ3) is 3.94. The van der Waals surface area contributed by atoms with Gasteiger partial charge in [-0.2, -0.15) is 0 Å². The van der Waals surface area contributed by atoms with E-state index in [1.807, 2.05) is 0 Å². The molecule has 0 N–H and O–H groups in total. The third-order valence-electron chi connectivity index (χ3n) is 9.48. The first kappa shape index (κ1) is 25.8. The number of pyridine rings is 1. The minimum Gasteiger partial charge on any atom is -0.454 e. The zero-order valence-corrected chi connectivity index (χ0v) is 25.2. The van der Waals surface area contributed by atoms with Gasteiger partial charge in [-0.05, 0) is 86.6 Å². The molecule has 0 bridgehead atoms. The Balaban J connectivity index is 1.26. The van der Waals surface area contributed by atoms with Gasteiger partial charge in [-0.15, -0.1) is 0 Å². The number of fused-ring (bicyclic) bond motifs is 8. The molecule has 45 heavy (non-hydrogen) atoms. The predicted molar refractivity (Wildman–Crippen MR) is 187 cm³/mol. The summed E-state index contributed by atoms with van der Waals surface area (Å²) in [5.41, 5.74) is 12.2. The van der Waals surface area contributed by atoms with E-state index in [0.717, 1.165) is 44.6 Å². The van der Waals surface area contributed by atoms with Crippen LogP contribution in [0.1, 0.15) is 25.0 Å². The fourth-order valence-corrected chi connectivity index (χ4v) is 7.22. The molecule has 0 unspecified atom stereocenters. The van der Waals surface area contributed by atoms with E-state index in [2.05, 4.69) is 164 Å². The molecule has 8 aromatic rings. The molecule has 9 rings (SSSR count). The summed E-state index contributed by atoms with van der Waals surface area (Å²) in [5.74, 6) is 0.844. The standard InChI is InChI=1S/C42H30N2O/c1-42(2)35-15-9-8-14-33(35)34-26-31(21-22-36(34)42)44(30-19-16-28(17-20-30)27-10-4-3-5-11-27)39-25-24-38-41(43-39)40-32-13-7-6-12-29(32)18-23-37(40)45-38/h3-26H,1-2H3. The van der Waals surface area contributed by atoms with Crippen LogP contribution in [0.15, 0.2) is 150 Å². The molecule has 0 fully saturated rings. The largest absolute Gasteiger partial charge is 0.454 e. The van der Waals surface area contributed by atoms with Crippen LogP contribution < -0.4 is 4.90 Å². The SMILES string of the molecule is CC1(C)c2ccccc2-c2cc(N(c3ccc(-c4ccccc4)cc3)c3ccc4oc5ccc6ccccc6c5c4n3)ccc21. The van der Waals surface area contributed by atoms with Crippen molar-refractivity contribution in [2.45, 2.75) is 19.3 Å². The Morgan fingerprint density at radius 3 is 2.11 bits per heavy atom. The van der Waals surface area contributed by atoms with Gasteiger partial charge in [-0.3, -0.25) is 4.90 Å². The van der Waals surface area contributed by atoms with Crippen molar-refractivity contribution in [3.63, 3.8) is 0 Å². The number of rotatable bonds is 4. The highest BCUT2D eigenvalue weighted by Crippen LogP contribution is 2.50. The topological polar surface area (TPSA) is 29.3 Å². The monoisotopic (exact) mass is 578 g/mol. The van der Waals surface area contributed by atoms with Gasteiger partial charge in [0.2, 0.25) is 0 Å². The van der Waals surface area contributed by atoms with E-state index in [9.17, 15) is 0 Å². The van der Waals surface area contributed by atoms with Crippen LogP contribution in [0.25, 0.3) is 55.1 Å². The summed E-state index contributed by atoms with van der Waals surface area (Å²) < 4.78 is 6.31. The Labute approximate surface area is 262 Å². The number of furan rings is 1. The van der Waals surface area contributed by atoms with Gasteiger partial charge in [-0.1, -0.05) is 117 Å². The van der Waals surface area contributed by atoms with Crippen LogP contribution in [0.4, 0.5) is 17.2 Å². The van der Waals surface area contributed by atoms with E-state index >= 15 is 0 Å². The Kier molecular flexibility index (Phi) is 5.54. The van der Waals surface area contributed by atoms with E-state index in [1.54, 1.807) is 0 Å². The molecule has 0 spiro atoms. The van der Waals surface area contributed by atoms with Crippen molar-refractivity contribution in [2.75, 3.05) is 4.90 Å². The molecule has 3 nitrogen and oxygen atoms in total. The maximum absolute atomic E-state index is 6.31. The van der Waals surface area contributed by atoms with Gasteiger partial charge in [0.05, 0.1) is 5.39 Å². The van der Waals surface area contributed by atoms with Crippen LogP contribution in [0, 0.1) is 0 Å². The van der Waals surface area contributed by atoms with E-state index in [4.69, 9.17) is 9.40 Å². The van der Waals surface area contributed by atoms with Crippen LogP contribution in [-0.4, -0.2) is 4.98 Å². The van der Waals surface area contributed by atoms with Crippen LogP contribution in [-0.2, 0) is 5.41 Å². The van der Waals surface area contributed by atoms with E-state index in [1.165, 1.54) is 38.8 Å². The summed E-state index contributed by atoms with van der Waals surface area (Å²) in [5, 5.41) is 3.37. The second-order valence-corrected chi connectivity index (χ2v) is 12.4. The molecule has 2 heterocycles. The first-order valence-electron chi connectivity index (χ1n) is 15.5. The zero-order valence-electron chi connectivity index (χ0n) is 25.2. The van der Waals surface area contributed by atoms with Crippen molar-refractivity contribution in [1.82, 2.24) is 4.98 Å². The molecule has 0 atom stereocenters. The lowest BCUT2D eigenvalue weighted by Crippen LogP contribution is -2.15. The van der Waals surface area contributed by atoms with Gasteiger partial charge < -0.3 is 4.42 Å². The van der Waals surface area contributed by atoms with E-state index in [0.29, 0.717) is 0 Å². The summed E-state index contributed by atoms with van der Waals surface area (Å²) in [6.45, 7) is 4.64. The second-order valence-electron chi connectivity index (χ2n) is 12.4. The van der Waals surface area contributed by atoms with Crippen molar-refractivity contribution in [1.29, 1.82) is 0 Å². The van der Waals surface area contributed by atoms with Gasteiger partial charge >= 0.3 is 0 Å². The van der Waals surface area contributed by atoms with Gasteiger partial charge in [0.1, 0.15) is 16.9 Å². The smallest absolute Gasteiger partial charge is 0.154 e. The third-order valence-corrected chi connectivity index (χ3v) is 9.48. The molecule has 0 amide bonds. The van der Waals surface area contributed by atoms with Crippen molar-refractivity contribution < 1.29 is 4.42 Å². The first-order valence-corrected chi connectivity index (χ1v) is 15.5. The van der Waals surface area contributed by atoms with Gasteiger partial charge in [0.15, 0.2) is 5.58 Å². The van der Waals surface area contributed by atoms with Gasteiger partial charge in [-0.25, -0.2) is 4.98 Å². The molecule has 2 aromatic heterocycles. The quantitative estimate of drug-likeness (QED) is 0.208. The summed E-state index contributed by atoms with van der Waals surface area (Å²) in [6.07, 6.45) is 0. The average Bonchev–Trinajstić information content (AvgIpc) is 3.58. The molecular weight excluding hydrogens is 548 g/mol. The Morgan fingerprint density at radius 2 is 1.24 bits per heavy atom. The number of anilines is 3. The Hall–Kier alpha value is -5.67. The maximum Gasteiger partial charge on any atom is 0.154 e. The highest BCUT2D eigenvalue weighted by Gasteiger charge is 2.35. The van der Waals surface area contributed by atoms with Crippen LogP contribution >= 0.6 is 0 Å². The molecule has 6 aromatic carbocycles. The predicted octanol–water partition coefficient (Wildman–Crippen LogP) is 11.6. The summed E-state index contributed by atoms with van der Waals surface area (Å²) >= 11 is 0.